The molecule has 0 aliphatic heterocycles. The van der Waals surface area contributed by atoms with E-state index >= 15 is 0 Å². The second-order valence-corrected chi connectivity index (χ2v) is 2.88. The average molecular weight is 201 g/mol. The van der Waals surface area contributed by atoms with E-state index in [-0.39, 0.29) is 1.43 Å². The summed E-state index contributed by atoms with van der Waals surface area (Å²) in [6.07, 6.45) is 5.00. The van der Waals surface area contributed by atoms with Crippen molar-refractivity contribution < 1.29 is 6.63 Å². The number of hydrogen-bond donors (Lipinski definition) is 1. The van der Waals surface area contributed by atoms with Gasteiger partial charge in [0.05, 0.1) is 0 Å². The first kappa shape index (κ1) is 11.0. The van der Waals surface area contributed by atoms with Crippen molar-refractivity contribution in [2.75, 3.05) is 0 Å². The van der Waals surface area contributed by atoms with Crippen molar-refractivity contribution >= 4 is 5.71 Å². The minimum absolute atomic E-state index is 0. The van der Waals surface area contributed by atoms with E-state index in [2.05, 4.69) is 18.3 Å². The van der Waals surface area contributed by atoms with Crippen molar-refractivity contribution in [2.45, 2.75) is 0 Å². The minimum atomic E-state index is 0. The molecular weight excluding hydrogens is 186 g/mol. The van der Waals surface area contributed by atoms with Crippen LogP contribution in [0.4, 0.5) is 0 Å². The molecule has 0 aromatic heterocycles. The fraction of sp³-hybridized carbons (Fsp3) is 0. The summed E-state index contributed by atoms with van der Waals surface area (Å²) in [6, 6.07) is 9.42. The van der Waals surface area contributed by atoms with Crippen molar-refractivity contribution in [1.29, 1.82) is 0 Å². The second kappa shape index (κ2) is 5.60. The molecule has 1 rings (SSSR count). The zero-order valence-corrected chi connectivity index (χ0v) is 8.43. The zero-order chi connectivity index (χ0) is 11.1. The summed E-state index contributed by atoms with van der Waals surface area (Å²) in [5.41, 5.74) is 2.07. The Hall–Kier alpha value is -2.09. The topological polar surface area (TPSA) is 32.6 Å². The highest BCUT2D eigenvalue weighted by Crippen LogP contribution is 2.10. The fourth-order valence-electron chi connectivity index (χ4n) is 1.25. The van der Waals surface area contributed by atoms with Gasteiger partial charge in [-0.25, -0.2) is 0 Å². The number of hydrogen-bond acceptors (Lipinski definition) is 2. The van der Waals surface area contributed by atoms with Gasteiger partial charge in [-0.2, -0.15) is 0 Å². The van der Waals surface area contributed by atoms with Crippen LogP contribution in [-0.2, 0) is 0 Å². The maximum atomic E-state index is 8.97. The Kier molecular flexibility index (Phi) is 4.10. The molecule has 15 heavy (non-hydrogen) atoms. The number of oxime groups is 1. The molecule has 0 unspecified atom stereocenters. The average Bonchev–Trinajstić information content (AvgIpc) is 2.30. The molecule has 0 amide bonds. The first-order chi connectivity index (χ1) is 7.33. The lowest BCUT2D eigenvalue weighted by Crippen LogP contribution is -2.02. The van der Waals surface area contributed by atoms with E-state index in [1.807, 2.05) is 30.3 Å². The van der Waals surface area contributed by atoms with E-state index in [0.29, 0.717) is 5.71 Å². The van der Waals surface area contributed by atoms with Crippen molar-refractivity contribution in [3.63, 3.8) is 0 Å². The van der Waals surface area contributed by atoms with Crippen molar-refractivity contribution in [3.8, 4) is 0 Å². The van der Waals surface area contributed by atoms with Gasteiger partial charge in [-0.1, -0.05) is 66.9 Å². The largest absolute Gasteiger partial charge is 0.410 e. The van der Waals surface area contributed by atoms with Gasteiger partial charge in [0.15, 0.2) is 0 Å². The van der Waals surface area contributed by atoms with Crippen LogP contribution in [0.1, 0.15) is 6.99 Å². The predicted octanol–water partition coefficient (Wildman–Crippen LogP) is 3.41. The van der Waals surface area contributed by atoms with Crippen LogP contribution in [0.3, 0.4) is 0 Å². The van der Waals surface area contributed by atoms with E-state index in [0.717, 1.165) is 11.1 Å². The summed E-state index contributed by atoms with van der Waals surface area (Å²) in [5, 5.41) is 12.3. The molecule has 1 N–H and O–H groups in total. The van der Waals surface area contributed by atoms with E-state index in [9.17, 15) is 0 Å². The molecule has 0 atom stereocenters. The number of rotatable bonds is 4. The lowest BCUT2D eigenvalue weighted by molar-refractivity contribution is 0.319. The van der Waals surface area contributed by atoms with Crippen molar-refractivity contribution in [1.82, 2.24) is 0 Å². The van der Waals surface area contributed by atoms with Gasteiger partial charge in [0, 0.05) is 12.6 Å². The Bertz CT molecular complexity index is 407. The lowest BCUT2D eigenvalue weighted by Gasteiger charge is -2.04. The summed E-state index contributed by atoms with van der Waals surface area (Å²) in [4.78, 5) is 0. The highest BCUT2D eigenvalue weighted by Gasteiger charge is 2.06. The second-order valence-electron chi connectivity index (χ2n) is 2.88. The highest BCUT2D eigenvalue weighted by molar-refractivity contribution is 6.14. The van der Waals surface area contributed by atoms with E-state index in [1.165, 1.54) is 0 Å². The van der Waals surface area contributed by atoms with Crippen LogP contribution >= 0.6 is 0 Å². The fourth-order valence-corrected chi connectivity index (χ4v) is 1.25. The molecule has 0 spiro atoms. The molecule has 0 aliphatic rings. The first-order valence-electron chi connectivity index (χ1n) is 4.56. The molecule has 78 valence electrons. The molecule has 1 aromatic carbocycles. The SMILES string of the molecule is C=C/C=C(C=C)/C(=N\O)c1ccccc1.[HH]. The van der Waals surface area contributed by atoms with Crippen LogP contribution in [-0.4, -0.2) is 10.9 Å². The highest BCUT2D eigenvalue weighted by atomic mass is 16.4. The molecule has 2 heteroatoms. The standard InChI is InChI=1S/C13H13NO.H2/c1-3-8-11(4-2)13(14-15)12-9-6-5-7-10-12;/h3-10,15H,1-2H2;1H/b11-8+,14-13+;. The molecule has 0 bridgehead atoms. The molecule has 0 fully saturated rings. The summed E-state index contributed by atoms with van der Waals surface area (Å²) in [5.74, 6) is 0. The predicted molar refractivity (Wildman–Crippen MR) is 65.4 cm³/mol. The smallest absolute Gasteiger partial charge is 0.117 e. The molecule has 0 aliphatic carbocycles. The van der Waals surface area contributed by atoms with Gasteiger partial charge in [-0.3, -0.25) is 0 Å². The summed E-state index contributed by atoms with van der Waals surface area (Å²) >= 11 is 0. The van der Waals surface area contributed by atoms with Gasteiger partial charge >= 0.3 is 0 Å². The van der Waals surface area contributed by atoms with Gasteiger partial charge in [0.2, 0.25) is 0 Å². The van der Waals surface area contributed by atoms with Crippen molar-refractivity contribution in [2.24, 2.45) is 5.16 Å². The van der Waals surface area contributed by atoms with Crippen LogP contribution in [0.15, 0.2) is 72.4 Å². The van der Waals surface area contributed by atoms with Crippen LogP contribution < -0.4 is 0 Å². The molecule has 0 radical (unpaired) electrons. The Morgan fingerprint density at radius 1 is 1.27 bits per heavy atom. The van der Waals surface area contributed by atoms with Crippen LogP contribution in [0.25, 0.3) is 0 Å². The monoisotopic (exact) mass is 201 g/mol. The summed E-state index contributed by atoms with van der Waals surface area (Å²) < 4.78 is 0. The molecule has 1 aromatic rings. The molecular formula is C13H15NO. The van der Waals surface area contributed by atoms with Gasteiger partial charge in [0.25, 0.3) is 0 Å². The summed E-state index contributed by atoms with van der Waals surface area (Å²) in [7, 11) is 0. The first-order valence-corrected chi connectivity index (χ1v) is 4.56. The van der Waals surface area contributed by atoms with Crippen molar-refractivity contribution in [3.05, 3.63) is 72.9 Å². The van der Waals surface area contributed by atoms with E-state index in [1.54, 1.807) is 18.2 Å². The Morgan fingerprint density at radius 3 is 2.40 bits per heavy atom. The molecule has 0 saturated carbocycles. The molecule has 0 heterocycles. The Labute approximate surface area is 91.0 Å². The lowest BCUT2D eigenvalue weighted by atomic mass is 10.0. The third kappa shape index (κ3) is 2.68. The summed E-state index contributed by atoms with van der Waals surface area (Å²) in [6.45, 7) is 7.26. The van der Waals surface area contributed by atoms with E-state index < -0.39 is 0 Å². The van der Waals surface area contributed by atoms with Crippen LogP contribution in [0.2, 0.25) is 0 Å². The Balaban J connectivity index is 0.00000225. The zero-order valence-electron chi connectivity index (χ0n) is 8.43. The molecule has 2 nitrogen and oxygen atoms in total. The van der Waals surface area contributed by atoms with Crippen LogP contribution in [0.5, 0.6) is 0 Å². The normalized spacial score (nSPS) is 12.3. The number of nitrogens with zero attached hydrogens (tertiary/aromatic N) is 1. The van der Waals surface area contributed by atoms with Gasteiger partial charge < -0.3 is 5.21 Å². The van der Waals surface area contributed by atoms with Gasteiger partial charge in [-0.05, 0) is 0 Å². The third-order valence-electron chi connectivity index (χ3n) is 1.94. The quantitative estimate of drug-likeness (QED) is 0.344. The Morgan fingerprint density at radius 2 is 1.93 bits per heavy atom. The number of allylic oxidation sites excluding steroid dienone is 4. The minimum Gasteiger partial charge on any atom is -0.410 e. The maximum absolute atomic E-state index is 8.97. The third-order valence-corrected chi connectivity index (χ3v) is 1.94. The van der Waals surface area contributed by atoms with Crippen LogP contribution in [0, 0.1) is 0 Å². The maximum Gasteiger partial charge on any atom is 0.117 e. The number of benzene rings is 1. The molecule has 0 saturated heterocycles. The van der Waals surface area contributed by atoms with E-state index in [4.69, 9.17) is 5.21 Å². The van der Waals surface area contributed by atoms with Gasteiger partial charge in [0.1, 0.15) is 5.71 Å². The van der Waals surface area contributed by atoms with Gasteiger partial charge in [-0.15, -0.1) is 0 Å².